The molecule has 28 heavy (non-hydrogen) atoms. The normalized spacial score (nSPS) is 12.1. The minimum absolute atomic E-state index is 0.335. The van der Waals surface area contributed by atoms with Gasteiger partial charge in [0.1, 0.15) is 0 Å². The monoisotopic (exact) mass is 630 g/mol. The van der Waals surface area contributed by atoms with Crippen LogP contribution in [-0.2, 0) is 12.4 Å². The maximum Gasteiger partial charge on any atom is 0.417 e. The number of hydrogen-bond donors (Lipinski definition) is 2. The molecule has 0 aliphatic rings. The van der Waals surface area contributed by atoms with Crippen LogP contribution in [0.3, 0.4) is 0 Å². The van der Waals surface area contributed by atoms with Crippen molar-refractivity contribution in [3.05, 3.63) is 53.7 Å². The van der Waals surface area contributed by atoms with Crippen LogP contribution in [-0.4, -0.2) is 22.2 Å². The first-order chi connectivity index (χ1) is 12.6. The van der Waals surface area contributed by atoms with E-state index in [1.165, 1.54) is 45.2 Å². The Hall–Kier alpha value is -1.58. The quantitative estimate of drug-likeness (QED) is 0.323. The van der Waals surface area contributed by atoms with Gasteiger partial charge in [-0.15, -0.1) is 0 Å². The number of aromatic carboxylic acids is 2. The fourth-order valence-corrected chi connectivity index (χ4v) is 3.78. The second-order valence-electron chi connectivity index (χ2n) is 5.36. The molecular weight excluding hydrogens is 624 g/mol. The maximum atomic E-state index is 13.5. The molecule has 0 amide bonds. The van der Waals surface area contributed by atoms with E-state index in [4.69, 9.17) is 10.2 Å². The summed E-state index contributed by atoms with van der Waals surface area (Å²) in [7, 11) is 0. The highest BCUT2D eigenvalue weighted by Crippen LogP contribution is 2.45. The molecule has 150 valence electrons. The van der Waals surface area contributed by atoms with E-state index < -0.39 is 57.7 Å². The lowest BCUT2D eigenvalue weighted by Crippen LogP contribution is -2.15. The summed E-state index contributed by atoms with van der Waals surface area (Å²) in [5.74, 6) is -3.28. The third kappa shape index (κ3) is 4.52. The summed E-state index contributed by atoms with van der Waals surface area (Å²) < 4.78 is 80.1. The fraction of sp³-hybridized carbons (Fsp3) is 0.125. The SMILES string of the molecule is O=C(O)c1cc(-c2cc(C(=O)O)c(I)cc2C(F)(F)F)c(C(F)(F)F)cc1I. The molecule has 0 heterocycles. The third-order valence-electron chi connectivity index (χ3n) is 3.58. The summed E-state index contributed by atoms with van der Waals surface area (Å²) in [6.45, 7) is 0. The van der Waals surface area contributed by atoms with Crippen molar-refractivity contribution >= 4 is 57.1 Å². The largest absolute Gasteiger partial charge is 0.478 e. The minimum Gasteiger partial charge on any atom is -0.478 e. The van der Waals surface area contributed by atoms with Gasteiger partial charge in [0.25, 0.3) is 0 Å². The molecule has 0 fully saturated rings. The summed E-state index contributed by atoms with van der Waals surface area (Å²) in [6.07, 6.45) is -10.2. The van der Waals surface area contributed by atoms with Gasteiger partial charge in [-0.3, -0.25) is 0 Å². The highest BCUT2D eigenvalue weighted by Gasteiger charge is 2.40. The molecule has 0 unspecified atom stereocenters. The number of carboxylic acids is 2. The molecule has 4 nitrogen and oxygen atoms in total. The van der Waals surface area contributed by atoms with Gasteiger partial charge in [0, 0.05) is 7.14 Å². The molecule has 0 spiro atoms. The molecule has 0 aliphatic carbocycles. The van der Waals surface area contributed by atoms with Crippen LogP contribution < -0.4 is 0 Å². The van der Waals surface area contributed by atoms with E-state index in [9.17, 15) is 35.9 Å². The molecule has 0 aliphatic heterocycles. The van der Waals surface area contributed by atoms with Crippen molar-refractivity contribution in [1.29, 1.82) is 0 Å². The molecule has 0 radical (unpaired) electrons. The van der Waals surface area contributed by atoms with Crippen LogP contribution in [0.15, 0.2) is 24.3 Å². The number of halogens is 8. The van der Waals surface area contributed by atoms with Crippen LogP contribution in [0.2, 0.25) is 0 Å². The molecule has 2 rings (SSSR count). The predicted molar refractivity (Wildman–Crippen MR) is 101 cm³/mol. The second kappa shape index (κ2) is 7.68. The molecule has 2 aromatic rings. The summed E-state index contributed by atoms with van der Waals surface area (Å²) in [4.78, 5) is 22.5. The number of benzene rings is 2. The molecule has 0 atom stereocenters. The van der Waals surface area contributed by atoms with E-state index in [2.05, 4.69) is 0 Å². The Labute approximate surface area is 179 Å². The van der Waals surface area contributed by atoms with E-state index in [0.717, 1.165) is 0 Å². The molecule has 2 aromatic carbocycles. The van der Waals surface area contributed by atoms with Crippen LogP contribution in [0.1, 0.15) is 31.8 Å². The molecule has 2 N–H and O–H groups in total. The Balaban J connectivity index is 3.04. The lowest BCUT2D eigenvalue weighted by atomic mass is 9.91. The Bertz CT molecular complexity index is 903. The fourth-order valence-electron chi connectivity index (χ4n) is 2.39. The van der Waals surface area contributed by atoms with Gasteiger partial charge in [0.05, 0.1) is 22.3 Å². The van der Waals surface area contributed by atoms with Gasteiger partial charge in [-0.05, 0) is 80.6 Å². The Kier molecular flexibility index (Phi) is 6.23. The minimum atomic E-state index is -5.11. The predicted octanol–water partition coefficient (Wildman–Crippen LogP) is 6.00. The van der Waals surface area contributed by atoms with Crippen LogP contribution >= 0.6 is 45.2 Å². The summed E-state index contributed by atoms with van der Waals surface area (Å²) >= 11 is 2.65. The van der Waals surface area contributed by atoms with Crippen molar-refractivity contribution in [2.24, 2.45) is 0 Å². The van der Waals surface area contributed by atoms with Crippen LogP contribution in [0.5, 0.6) is 0 Å². The van der Waals surface area contributed by atoms with Gasteiger partial charge < -0.3 is 10.2 Å². The number of hydrogen-bond acceptors (Lipinski definition) is 2. The van der Waals surface area contributed by atoms with E-state index in [1.807, 2.05) is 0 Å². The van der Waals surface area contributed by atoms with Crippen molar-refractivity contribution in [1.82, 2.24) is 0 Å². The van der Waals surface area contributed by atoms with Crippen molar-refractivity contribution in [2.45, 2.75) is 12.4 Å². The first kappa shape index (κ1) is 22.7. The average molecular weight is 630 g/mol. The van der Waals surface area contributed by atoms with Gasteiger partial charge in [0.2, 0.25) is 0 Å². The second-order valence-corrected chi connectivity index (χ2v) is 7.69. The lowest BCUT2D eigenvalue weighted by molar-refractivity contribution is -0.139. The highest BCUT2D eigenvalue weighted by atomic mass is 127. The zero-order valence-electron chi connectivity index (χ0n) is 13.0. The molecule has 12 heteroatoms. The average Bonchev–Trinajstić information content (AvgIpc) is 2.52. The topological polar surface area (TPSA) is 74.6 Å². The van der Waals surface area contributed by atoms with Gasteiger partial charge in [0.15, 0.2) is 0 Å². The Morgan fingerprint density at radius 2 is 0.964 bits per heavy atom. The van der Waals surface area contributed by atoms with Crippen molar-refractivity contribution < 1.29 is 46.1 Å². The van der Waals surface area contributed by atoms with Crippen molar-refractivity contribution in [2.75, 3.05) is 0 Å². The zero-order chi connectivity index (χ0) is 21.6. The molecule has 0 saturated heterocycles. The molecule has 0 aromatic heterocycles. The smallest absolute Gasteiger partial charge is 0.417 e. The number of carbonyl (C=O) groups is 2. The van der Waals surface area contributed by atoms with Gasteiger partial charge in [-0.1, -0.05) is 0 Å². The highest BCUT2D eigenvalue weighted by molar-refractivity contribution is 14.1. The van der Waals surface area contributed by atoms with Crippen molar-refractivity contribution in [3.8, 4) is 11.1 Å². The first-order valence-electron chi connectivity index (χ1n) is 6.93. The zero-order valence-corrected chi connectivity index (χ0v) is 17.4. The Morgan fingerprint density at radius 3 is 1.18 bits per heavy atom. The van der Waals surface area contributed by atoms with Crippen LogP contribution in [0.25, 0.3) is 11.1 Å². The lowest BCUT2D eigenvalue weighted by Gasteiger charge is -2.20. The standard InChI is InChI=1S/C16H6F6I2O4/c17-15(18,19)9-3-11(23)7(13(25)26)1-5(9)6-2-8(14(27)28)12(24)4-10(6)16(20,21)22/h1-4H,(H,25,26)(H,27,28). The summed E-state index contributed by atoms with van der Waals surface area (Å²) in [6, 6.07) is 1.77. The molecular formula is C16H6F6I2O4. The number of carboxylic acid groups (broad SMARTS) is 2. The number of alkyl halides is 6. The summed E-state index contributed by atoms with van der Waals surface area (Å²) in [5.41, 5.74) is -6.46. The first-order valence-corrected chi connectivity index (χ1v) is 9.08. The van der Waals surface area contributed by atoms with E-state index in [-0.39, 0.29) is 7.14 Å². The van der Waals surface area contributed by atoms with E-state index in [1.54, 1.807) is 0 Å². The maximum absolute atomic E-state index is 13.5. The van der Waals surface area contributed by atoms with Crippen molar-refractivity contribution in [3.63, 3.8) is 0 Å². The number of rotatable bonds is 3. The Morgan fingerprint density at radius 1 is 0.679 bits per heavy atom. The van der Waals surface area contributed by atoms with E-state index >= 15 is 0 Å². The summed E-state index contributed by atoms with van der Waals surface area (Å²) in [5, 5.41) is 18.3. The molecule has 0 saturated carbocycles. The van der Waals surface area contributed by atoms with Crippen LogP contribution in [0.4, 0.5) is 26.3 Å². The van der Waals surface area contributed by atoms with Crippen LogP contribution in [0, 0.1) is 7.14 Å². The van der Waals surface area contributed by atoms with E-state index in [0.29, 0.717) is 24.3 Å². The van der Waals surface area contributed by atoms with Gasteiger partial charge in [-0.2, -0.15) is 26.3 Å². The molecule has 0 bridgehead atoms. The van der Waals surface area contributed by atoms with Gasteiger partial charge >= 0.3 is 24.3 Å². The third-order valence-corrected chi connectivity index (χ3v) is 5.36. The van der Waals surface area contributed by atoms with Gasteiger partial charge in [-0.25, -0.2) is 9.59 Å².